The lowest BCUT2D eigenvalue weighted by Crippen LogP contribution is -2.23. The van der Waals surface area contributed by atoms with Gasteiger partial charge >= 0.3 is 0 Å². The van der Waals surface area contributed by atoms with Crippen LogP contribution in [0.25, 0.3) is 0 Å². The van der Waals surface area contributed by atoms with Crippen molar-refractivity contribution in [1.29, 1.82) is 5.26 Å². The number of hydrogen-bond acceptors (Lipinski definition) is 3. The van der Waals surface area contributed by atoms with E-state index in [1.165, 1.54) is 5.56 Å². The zero-order chi connectivity index (χ0) is 12.1. The van der Waals surface area contributed by atoms with E-state index < -0.39 is 0 Å². The molecule has 2 rings (SSSR count). The minimum absolute atomic E-state index is 0.191. The lowest BCUT2D eigenvalue weighted by molar-refractivity contribution is -0.121. The second-order valence-electron chi connectivity index (χ2n) is 3.90. The largest absolute Gasteiger partial charge is 0.455 e. The first-order chi connectivity index (χ1) is 8.33. The van der Waals surface area contributed by atoms with Crippen LogP contribution in [-0.4, -0.2) is 12.9 Å². The first-order valence-corrected chi connectivity index (χ1v) is 5.78. The molecule has 0 saturated carbocycles. The van der Waals surface area contributed by atoms with E-state index in [-0.39, 0.29) is 12.2 Å². The number of allylic oxidation sites excluding steroid dienone is 2. The molecule has 0 spiro atoms. The molecule has 1 aromatic carbocycles. The molecule has 2 atom stereocenters. The Hall–Kier alpha value is -1.79. The molecule has 1 aromatic rings. The summed E-state index contributed by atoms with van der Waals surface area (Å²) in [4.78, 5) is 0. The van der Waals surface area contributed by atoms with Crippen molar-refractivity contribution in [3.8, 4) is 6.07 Å². The van der Waals surface area contributed by atoms with Gasteiger partial charge in [-0.2, -0.15) is 5.26 Å². The molecule has 17 heavy (non-hydrogen) atoms. The van der Waals surface area contributed by atoms with E-state index in [1.807, 2.05) is 31.2 Å². The molecule has 0 radical (unpaired) electrons. The van der Waals surface area contributed by atoms with Gasteiger partial charge in [0.25, 0.3) is 0 Å². The van der Waals surface area contributed by atoms with Gasteiger partial charge in [0.1, 0.15) is 6.07 Å². The van der Waals surface area contributed by atoms with Crippen LogP contribution >= 0.6 is 0 Å². The van der Waals surface area contributed by atoms with Crippen LogP contribution in [0.3, 0.4) is 0 Å². The quantitative estimate of drug-likeness (QED) is 0.800. The van der Waals surface area contributed by atoms with Crippen LogP contribution in [0.1, 0.15) is 24.8 Å². The van der Waals surface area contributed by atoms with Gasteiger partial charge in [0.15, 0.2) is 5.76 Å². The molecule has 1 heterocycles. The number of ether oxygens (including phenoxy) is 2. The molecule has 0 saturated heterocycles. The van der Waals surface area contributed by atoms with Gasteiger partial charge in [-0.15, -0.1) is 0 Å². The predicted octanol–water partition coefficient (Wildman–Crippen LogP) is 2.96. The lowest BCUT2D eigenvalue weighted by Gasteiger charge is -2.27. The first-order valence-electron chi connectivity index (χ1n) is 5.78. The van der Waals surface area contributed by atoms with Crippen molar-refractivity contribution in [3.05, 3.63) is 47.7 Å². The van der Waals surface area contributed by atoms with Gasteiger partial charge in [0, 0.05) is 18.9 Å². The maximum atomic E-state index is 8.94. The molecule has 88 valence electrons. The molecule has 3 nitrogen and oxygen atoms in total. The van der Waals surface area contributed by atoms with Gasteiger partial charge in [-0.3, -0.25) is 0 Å². The molecule has 0 N–H and O–H groups in total. The maximum absolute atomic E-state index is 8.94. The Morgan fingerprint density at radius 3 is 2.82 bits per heavy atom. The average molecular weight is 229 g/mol. The molecule has 1 aliphatic heterocycles. The number of nitrogens with zero attached hydrogens (tertiary/aromatic N) is 1. The minimum Gasteiger partial charge on any atom is -0.455 e. The smallest absolute Gasteiger partial charge is 0.201 e. The van der Waals surface area contributed by atoms with E-state index in [4.69, 9.17) is 14.7 Å². The molecule has 3 heteroatoms. The Kier molecular flexibility index (Phi) is 3.79. The van der Waals surface area contributed by atoms with Crippen LogP contribution < -0.4 is 0 Å². The second-order valence-corrected chi connectivity index (χ2v) is 3.90. The van der Waals surface area contributed by atoms with Gasteiger partial charge in [0.2, 0.25) is 6.29 Å². The van der Waals surface area contributed by atoms with Crippen LogP contribution in [0.5, 0.6) is 0 Å². The van der Waals surface area contributed by atoms with Gasteiger partial charge < -0.3 is 9.47 Å². The summed E-state index contributed by atoms with van der Waals surface area (Å²) in [5, 5.41) is 8.94. The van der Waals surface area contributed by atoms with Gasteiger partial charge in [-0.1, -0.05) is 30.3 Å². The summed E-state index contributed by atoms with van der Waals surface area (Å²) < 4.78 is 10.9. The SMILES string of the molecule is CCO[C@H]1C[C@H](c2ccccc2)C=C(C#N)O1. The van der Waals surface area contributed by atoms with E-state index in [1.54, 1.807) is 0 Å². The van der Waals surface area contributed by atoms with Crippen molar-refractivity contribution in [1.82, 2.24) is 0 Å². The third-order valence-corrected chi connectivity index (χ3v) is 2.75. The Balaban J connectivity index is 2.20. The molecule has 0 bridgehead atoms. The van der Waals surface area contributed by atoms with E-state index >= 15 is 0 Å². The summed E-state index contributed by atoms with van der Waals surface area (Å²) in [6.07, 6.45) is 2.30. The van der Waals surface area contributed by atoms with E-state index in [0.717, 1.165) is 6.42 Å². The lowest BCUT2D eigenvalue weighted by atomic mass is 9.93. The summed E-state index contributed by atoms with van der Waals surface area (Å²) in [6, 6.07) is 12.2. The number of hydrogen-bond donors (Lipinski definition) is 0. The van der Waals surface area contributed by atoms with Crippen LogP contribution in [-0.2, 0) is 9.47 Å². The number of benzene rings is 1. The fraction of sp³-hybridized carbons (Fsp3) is 0.357. The average Bonchev–Trinajstić information content (AvgIpc) is 2.40. The molecule has 0 fully saturated rings. The standard InChI is InChI=1S/C14H15NO2/c1-2-16-14-9-12(8-13(10-15)17-14)11-6-4-3-5-7-11/h3-8,12,14H,2,9H2,1H3/t12-,14-/m1/s1. The number of nitriles is 1. The fourth-order valence-electron chi connectivity index (χ4n) is 1.97. The summed E-state index contributed by atoms with van der Waals surface area (Å²) in [6.45, 7) is 2.51. The van der Waals surface area contributed by atoms with E-state index in [0.29, 0.717) is 12.4 Å². The fourth-order valence-corrected chi connectivity index (χ4v) is 1.97. The van der Waals surface area contributed by atoms with E-state index in [9.17, 15) is 0 Å². The van der Waals surface area contributed by atoms with Crippen LogP contribution in [0, 0.1) is 11.3 Å². The van der Waals surface area contributed by atoms with Gasteiger partial charge in [0.05, 0.1) is 0 Å². The second kappa shape index (κ2) is 5.51. The highest BCUT2D eigenvalue weighted by Gasteiger charge is 2.24. The highest BCUT2D eigenvalue weighted by molar-refractivity contribution is 5.29. The summed E-state index contributed by atoms with van der Waals surface area (Å²) in [5.41, 5.74) is 1.19. The highest BCUT2D eigenvalue weighted by atomic mass is 16.7. The zero-order valence-electron chi connectivity index (χ0n) is 9.80. The zero-order valence-corrected chi connectivity index (χ0v) is 9.80. The van der Waals surface area contributed by atoms with Crippen LogP contribution in [0.2, 0.25) is 0 Å². The summed E-state index contributed by atoms with van der Waals surface area (Å²) in [7, 11) is 0. The van der Waals surface area contributed by atoms with Crippen molar-refractivity contribution in [2.75, 3.05) is 6.61 Å². The number of rotatable bonds is 3. The third kappa shape index (κ3) is 2.86. The summed E-state index contributed by atoms with van der Waals surface area (Å²) in [5.74, 6) is 0.541. The Bertz CT molecular complexity index is 433. The van der Waals surface area contributed by atoms with Crippen molar-refractivity contribution >= 4 is 0 Å². The Labute approximate surface area is 101 Å². The maximum Gasteiger partial charge on any atom is 0.201 e. The summed E-state index contributed by atoms with van der Waals surface area (Å²) >= 11 is 0. The molecule has 1 aliphatic rings. The van der Waals surface area contributed by atoms with Crippen LogP contribution in [0.4, 0.5) is 0 Å². The Morgan fingerprint density at radius 1 is 1.41 bits per heavy atom. The molecular formula is C14H15NO2. The van der Waals surface area contributed by atoms with Gasteiger partial charge in [-0.05, 0) is 18.6 Å². The molecule has 0 aromatic heterocycles. The van der Waals surface area contributed by atoms with Crippen molar-refractivity contribution < 1.29 is 9.47 Å². The van der Waals surface area contributed by atoms with Crippen molar-refractivity contribution in [3.63, 3.8) is 0 Å². The highest BCUT2D eigenvalue weighted by Crippen LogP contribution is 2.30. The minimum atomic E-state index is -0.315. The first kappa shape index (κ1) is 11.7. The Morgan fingerprint density at radius 2 is 2.18 bits per heavy atom. The predicted molar refractivity (Wildman–Crippen MR) is 64.0 cm³/mol. The third-order valence-electron chi connectivity index (χ3n) is 2.75. The molecule has 0 unspecified atom stereocenters. The molecule has 0 amide bonds. The van der Waals surface area contributed by atoms with Gasteiger partial charge in [-0.25, -0.2) is 0 Å². The monoisotopic (exact) mass is 229 g/mol. The molecule has 0 aliphatic carbocycles. The van der Waals surface area contributed by atoms with E-state index in [2.05, 4.69) is 18.2 Å². The normalized spacial score (nSPS) is 23.4. The molecular weight excluding hydrogens is 214 g/mol. The van der Waals surface area contributed by atoms with Crippen molar-refractivity contribution in [2.45, 2.75) is 25.6 Å². The topological polar surface area (TPSA) is 42.2 Å². The van der Waals surface area contributed by atoms with Crippen molar-refractivity contribution in [2.24, 2.45) is 0 Å². The van der Waals surface area contributed by atoms with Crippen LogP contribution in [0.15, 0.2) is 42.2 Å².